The van der Waals surface area contributed by atoms with Gasteiger partial charge in [0.2, 0.25) is 0 Å². The first kappa shape index (κ1) is 15.4. The maximum Gasteiger partial charge on any atom is 0.379 e. The molecule has 0 saturated carbocycles. The van der Waals surface area contributed by atoms with Gasteiger partial charge in [-0.1, -0.05) is 11.6 Å². The van der Waals surface area contributed by atoms with E-state index in [0.29, 0.717) is 0 Å². The van der Waals surface area contributed by atoms with Gasteiger partial charge in [0.15, 0.2) is 11.6 Å². The molecule has 0 aliphatic heterocycles. The molecule has 0 heterocycles. The molecule has 0 saturated heterocycles. The fraction of sp³-hybridized carbons (Fsp3) is 0.385. The van der Waals surface area contributed by atoms with Gasteiger partial charge in [-0.05, 0) is 32.9 Å². The molecular weight excluding hydrogens is 275 g/mol. The number of carbonyl (C=O) groups is 2. The molecule has 0 N–H and O–H groups in total. The third-order valence-electron chi connectivity index (χ3n) is 2.11. The number of esters is 1. The Morgan fingerprint density at radius 3 is 2.53 bits per heavy atom. The van der Waals surface area contributed by atoms with Crippen molar-refractivity contribution in [2.75, 3.05) is 6.61 Å². The van der Waals surface area contributed by atoms with Gasteiger partial charge >= 0.3 is 5.97 Å². The number of hydrogen-bond acceptors (Lipinski definition) is 4. The van der Waals surface area contributed by atoms with E-state index in [0.717, 1.165) is 6.07 Å². The summed E-state index contributed by atoms with van der Waals surface area (Å²) >= 11 is 5.80. The topological polar surface area (TPSA) is 52.6 Å². The van der Waals surface area contributed by atoms with E-state index in [1.54, 1.807) is 20.8 Å². The lowest BCUT2D eigenvalue weighted by Gasteiger charge is -2.13. The van der Waals surface area contributed by atoms with Crippen LogP contribution in [0.5, 0.6) is 5.75 Å². The fourth-order valence-corrected chi connectivity index (χ4v) is 1.55. The van der Waals surface area contributed by atoms with Crippen LogP contribution in [0, 0.1) is 5.82 Å². The van der Waals surface area contributed by atoms with Crippen molar-refractivity contribution in [2.24, 2.45) is 0 Å². The Hall–Kier alpha value is -1.62. The highest BCUT2D eigenvalue weighted by Crippen LogP contribution is 2.31. The van der Waals surface area contributed by atoms with Crippen LogP contribution in [0.4, 0.5) is 4.39 Å². The summed E-state index contributed by atoms with van der Waals surface area (Å²) in [5, 5.41) is 0.0339. The summed E-state index contributed by atoms with van der Waals surface area (Å²) in [5.74, 6) is -3.38. The van der Waals surface area contributed by atoms with E-state index in [2.05, 4.69) is 4.74 Å². The van der Waals surface area contributed by atoms with Gasteiger partial charge in [-0.2, -0.15) is 0 Å². The Balaban J connectivity index is 3.16. The van der Waals surface area contributed by atoms with Gasteiger partial charge in [-0.25, -0.2) is 9.18 Å². The summed E-state index contributed by atoms with van der Waals surface area (Å²) in [5.41, 5.74) is -0.418. The molecule has 0 aliphatic carbocycles. The van der Waals surface area contributed by atoms with E-state index in [9.17, 15) is 14.0 Å². The molecule has 0 spiro atoms. The molecule has 0 unspecified atom stereocenters. The largest absolute Gasteiger partial charge is 0.486 e. The third-order valence-corrected chi connectivity index (χ3v) is 2.41. The zero-order chi connectivity index (χ0) is 14.6. The molecule has 0 bridgehead atoms. The molecule has 6 heteroatoms. The number of carbonyl (C=O) groups excluding carboxylic acids is 2. The average Bonchev–Trinajstić information content (AvgIpc) is 2.34. The molecule has 0 aromatic heterocycles. The van der Waals surface area contributed by atoms with Gasteiger partial charge < -0.3 is 9.47 Å². The molecule has 1 rings (SSSR count). The van der Waals surface area contributed by atoms with Crippen LogP contribution >= 0.6 is 11.6 Å². The molecule has 4 nitrogen and oxygen atoms in total. The highest BCUT2D eigenvalue weighted by Gasteiger charge is 2.25. The maximum absolute atomic E-state index is 14.1. The minimum Gasteiger partial charge on any atom is -0.486 e. The van der Waals surface area contributed by atoms with Gasteiger partial charge in [0.05, 0.1) is 23.3 Å². The van der Waals surface area contributed by atoms with E-state index >= 15 is 0 Å². The molecule has 0 atom stereocenters. The zero-order valence-corrected chi connectivity index (χ0v) is 11.6. The number of hydrogen-bond donors (Lipinski definition) is 0. The SMILES string of the molecule is CCOC(=O)C(=O)c1ccc(Cl)c(OC(C)C)c1F. The van der Waals surface area contributed by atoms with Gasteiger partial charge in [-0.15, -0.1) is 0 Å². The van der Waals surface area contributed by atoms with Gasteiger partial charge in [0.25, 0.3) is 5.78 Å². The van der Waals surface area contributed by atoms with Crippen LogP contribution in [0.15, 0.2) is 12.1 Å². The molecule has 19 heavy (non-hydrogen) atoms. The normalized spacial score (nSPS) is 10.4. The summed E-state index contributed by atoms with van der Waals surface area (Å²) in [6.07, 6.45) is -0.319. The maximum atomic E-state index is 14.1. The lowest BCUT2D eigenvalue weighted by atomic mass is 10.1. The van der Waals surface area contributed by atoms with Crippen molar-refractivity contribution >= 4 is 23.4 Å². The van der Waals surface area contributed by atoms with Crippen molar-refractivity contribution in [3.05, 3.63) is 28.5 Å². The third kappa shape index (κ3) is 3.67. The second-order valence-corrected chi connectivity index (χ2v) is 4.36. The molecule has 0 aliphatic rings. The Bertz CT molecular complexity index is 500. The molecule has 104 valence electrons. The summed E-state index contributed by atoms with van der Waals surface area (Å²) in [6, 6.07) is 2.43. The number of halogens is 2. The number of benzene rings is 1. The van der Waals surface area contributed by atoms with E-state index in [-0.39, 0.29) is 23.5 Å². The number of Topliss-reactive ketones (excluding diaryl/α,β-unsaturated/α-hetero) is 1. The lowest BCUT2D eigenvalue weighted by Crippen LogP contribution is -2.19. The van der Waals surface area contributed by atoms with Crippen LogP contribution in [-0.2, 0) is 9.53 Å². The van der Waals surface area contributed by atoms with Crippen molar-refractivity contribution in [2.45, 2.75) is 26.9 Å². The lowest BCUT2D eigenvalue weighted by molar-refractivity contribution is -0.137. The van der Waals surface area contributed by atoms with Crippen molar-refractivity contribution in [1.29, 1.82) is 0 Å². The molecule has 0 fully saturated rings. The summed E-state index contributed by atoms with van der Waals surface area (Å²) in [7, 11) is 0. The van der Waals surface area contributed by atoms with Crippen LogP contribution < -0.4 is 4.74 Å². The molecule has 1 aromatic carbocycles. The van der Waals surface area contributed by atoms with Crippen LogP contribution in [0.1, 0.15) is 31.1 Å². The van der Waals surface area contributed by atoms with Gasteiger partial charge in [0, 0.05) is 0 Å². The Morgan fingerprint density at radius 1 is 1.37 bits per heavy atom. The number of ketones is 1. The standard InChI is InChI=1S/C13H14ClFO4/c1-4-18-13(17)11(16)8-5-6-9(14)12(10(8)15)19-7(2)3/h5-7H,4H2,1-3H3. The molecular formula is C13H14ClFO4. The first-order valence-corrected chi connectivity index (χ1v) is 6.12. The minimum atomic E-state index is -1.11. The van der Waals surface area contributed by atoms with E-state index in [1.807, 2.05) is 0 Å². The monoisotopic (exact) mass is 288 g/mol. The first-order chi connectivity index (χ1) is 8.88. The predicted octanol–water partition coefficient (Wildman–Crippen LogP) is 3.01. The zero-order valence-electron chi connectivity index (χ0n) is 10.8. The van der Waals surface area contributed by atoms with E-state index in [1.165, 1.54) is 6.07 Å². The quantitative estimate of drug-likeness (QED) is 0.475. The van der Waals surface area contributed by atoms with Crippen molar-refractivity contribution < 1.29 is 23.5 Å². The highest BCUT2D eigenvalue weighted by molar-refractivity contribution is 6.41. The van der Waals surface area contributed by atoms with E-state index < -0.39 is 23.1 Å². The van der Waals surface area contributed by atoms with Gasteiger partial charge in [0.1, 0.15) is 0 Å². The summed E-state index contributed by atoms with van der Waals surface area (Å²) < 4.78 is 23.8. The van der Waals surface area contributed by atoms with Crippen LogP contribution in [0.25, 0.3) is 0 Å². The first-order valence-electron chi connectivity index (χ1n) is 5.74. The van der Waals surface area contributed by atoms with Crippen LogP contribution in [0.2, 0.25) is 5.02 Å². The van der Waals surface area contributed by atoms with Crippen LogP contribution in [0.3, 0.4) is 0 Å². The average molecular weight is 289 g/mol. The molecule has 0 radical (unpaired) electrons. The Morgan fingerprint density at radius 2 is 2.00 bits per heavy atom. The Labute approximate surface area is 115 Å². The van der Waals surface area contributed by atoms with Gasteiger partial charge in [-0.3, -0.25) is 4.79 Å². The number of ether oxygens (including phenoxy) is 2. The minimum absolute atomic E-state index is 0.0339. The highest BCUT2D eigenvalue weighted by atomic mass is 35.5. The fourth-order valence-electron chi connectivity index (χ4n) is 1.36. The number of rotatable bonds is 5. The van der Waals surface area contributed by atoms with E-state index in [4.69, 9.17) is 16.3 Å². The van der Waals surface area contributed by atoms with Crippen LogP contribution in [-0.4, -0.2) is 24.5 Å². The second kappa shape index (κ2) is 6.52. The molecule has 0 amide bonds. The van der Waals surface area contributed by atoms with Crippen molar-refractivity contribution in [3.63, 3.8) is 0 Å². The predicted molar refractivity (Wildman–Crippen MR) is 68.1 cm³/mol. The smallest absolute Gasteiger partial charge is 0.379 e. The summed E-state index contributed by atoms with van der Waals surface area (Å²) in [6.45, 7) is 4.97. The van der Waals surface area contributed by atoms with Crippen molar-refractivity contribution in [1.82, 2.24) is 0 Å². The Kier molecular flexibility index (Phi) is 5.30. The van der Waals surface area contributed by atoms with Crippen molar-refractivity contribution in [3.8, 4) is 5.75 Å². The summed E-state index contributed by atoms with van der Waals surface area (Å²) in [4.78, 5) is 23.0. The second-order valence-electron chi connectivity index (χ2n) is 3.95. The molecule has 1 aromatic rings.